The Morgan fingerprint density at radius 2 is 2.26 bits per heavy atom. The number of benzene rings is 1. The smallest absolute Gasteiger partial charge is 0.233 e. The van der Waals surface area contributed by atoms with Gasteiger partial charge >= 0.3 is 0 Å². The van der Waals surface area contributed by atoms with Gasteiger partial charge in [0.25, 0.3) is 0 Å². The molecule has 0 amide bonds. The van der Waals surface area contributed by atoms with Crippen LogP contribution in [0, 0.1) is 0 Å². The third kappa shape index (κ3) is 2.46. The molecule has 118 valence electrons. The Morgan fingerprint density at radius 1 is 1.35 bits per heavy atom. The summed E-state index contributed by atoms with van der Waals surface area (Å²) in [5.41, 5.74) is 2.14. The number of aromatic nitrogens is 3. The van der Waals surface area contributed by atoms with Crippen molar-refractivity contribution in [2.24, 2.45) is 0 Å². The summed E-state index contributed by atoms with van der Waals surface area (Å²) < 4.78 is 13.3. The molecule has 0 spiro atoms. The van der Waals surface area contributed by atoms with Gasteiger partial charge < -0.3 is 14.4 Å². The van der Waals surface area contributed by atoms with Crippen molar-refractivity contribution in [1.29, 1.82) is 0 Å². The van der Waals surface area contributed by atoms with Crippen LogP contribution in [0.5, 0.6) is 11.5 Å². The van der Waals surface area contributed by atoms with E-state index in [0.29, 0.717) is 0 Å². The fourth-order valence-electron chi connectivity index (χ4n) is 2.97. The minimum atomic E-state index is 0.133. The first-order valence-corrected chi connectivity index (χ1v) is 7.61. The number of methoxy groups -OCH3 is 1. The minimum Gasteiger partial charge on any atom is -0.497 e. The maximum Gasteiger partial charge on any atom is 0.233 e. The molecule has 1 aliphatic rings. The maximum absolute atomic E-state index is 5.94. The van der Waals surface area contributed by atoms with Gasteiger partial charge in [0.05, 0.1) is 37.8 Å². The van der Waals surface area contributed by atoms with Crippen molar-refractivity contribution in [3.05, 3.63) is 48.5 Å². The van der Waals surface area contributed by atoms with Crippen molar-refractivity contribution in [3.8, 4) is 11.5 Å². The fraction of sp³-hybridized carbons (Fsp3) is 0.294. The molecule has 0 bridgehead atoms. The number of anilines is 1. The lowest BCUT2D eigenvalue weighted by atomic mass is 10.2. The molecule has 0 saturated heterocycles. The van der Waals surface area contributed by atoms with Gasteiger partial charge in [-0.15, -0.1) is 0 Å². The first-order valence-electron chi connectivity index (χ1n) is 7.61. The second-order valence-corrected chi connectivity index (χ2v) is 5.68. The minimum absolute atomic E-state index is 0.133. The van der Waals surface area contributed by atoms with Crippen molar-refractivity contribution in [2.45, 2.75) is 19.6 Å². The van der Waals surface area contributed by atoms with Crippen LogP contribution in [0.3, 0.4) is 0 Å². The highest BCUT2D eigenvalue weighted by molar-refractivity contribution is 5.63. The lowest BCUT2D eigenvalue weighted by molar-refractivity contribution is 0.211. The SMILES string of the molecule is COc1ccc2c(c1)N(Cc1cnc3ncccn13)C[C@@H](C)O2. The second kappa shape index (κ2) is 5.46. The number of rotatable bonds is 3. The van der Waals surface area contributed by atoms with Crippen LogP contribution in [0.4, 0.5) is 5.69 Å². The van der Waals surface area contributed by atoms with E-state index in [-0.39, 0.29) is 6.10 Å². The van der Waals surface area contributed by atoms with Gasteiger partial charge in [0.1, 0.15) is 17.6 Å². The normalized spacial score (nSPS) is 17.0. The molecule has 0 radical (unpaired) electrons. The van der Waals surface area contributed by atoms with Crippen molar-refractivity contribution in [1.82, 2.24) is 14.4 Å². The maximum atomic E-state index is 5.94. The van der Waals surface area contributed by atoms with E-state index in [1.165, 1.54) is 0 Å². The van der Waals surface area contributed by atoms with E-state index in [1.807, 2.05) is 41.1 Å². The Hall–Kier alpha value is -2.76. The van der Waals surface area contributed by atoms with Crippen LogP contribution in [0.2, 0.25) is 0 Å². The van der Waals surface area contributed by atoms with Gasteiger partial charge in [0, 0.05) is 18.5 Å². The molecule has 3 heterocycles. The predicted molar refractivity (Wildman–Crippen MR) is 87.1 cm³/mol. The highest BCUT2D eigenvalue weighted by atomic mass is 16.5. The molecule has 0 fully saturated rings. The number of nitrogens with zero attached hydrogens (tertiary/aromatic N) is 4. The third-order valence-electron chi connectivity index (χ3n) is 4.03. The average molecular weight is 310 g/mol. The van der Waals surface area contributed by atoms with E-state index in [2.05, 4.69) is 21.8 Å². The third-order valence-corrected chi connectivity index (χ3v) is 4.03. The van der Waals surface area contributed by atoms with Gasteiger partial charge in [-0.25, -0.2) is 9.97 Å². The molecule has 1 aromatic carbocycles. The first kappa shape index (κ1) is 13.9. The molecule has 6 nitrogen and oxygen atoms in total. The van der Waals surface area contributed by atoms with Gasteiger partial charge in [-0.1, -0.05) is 0 Å². The van der Waals surface area contributed by atoms with Gasteiger partial charge in [0.2, 0.25) is 5.78 Å². The van der Waals surface area contributed by atoms with E-state index in [0.717, 1.165) is 41.7 Å². The zero-order valence-corrected chi connectivity index (χ0v) is 13.1. The molecule has 23 heavy (non-hydrogen) atoms. The van der Waals surface area contributed by atoms with Crippen LogP contribution in [0.25, 0.3) is 5.78 Å². The monoisotopic (exact) mass is 310 g/mol. The molecular formula is C17H18N4O2. The van der Waals surface area contributed by atoms with Crippen LogP contribution in [-0.4, -0.2) is 34.1 Å². The zero-order chi connectivity index (χ0) is 15.8. The van der Waals surface area contributed by atoms with Crippen LogP contribution < -0.4 is 14.4 Å². The number of imidazole rings is 1. The van der Waals surface area contributed by atoms with Gasteiger partial charge in [-0.05, 0) is 25.1 Å². The largest absolute Gasteiger partial charge is 0.497 e. The van der Waals surface area contributed by atoms with E-state index in [4.69, 9.17) is 9.47 Å². The Morgan fingerprint density at radius 3 is 3.13 bits per heavy atom. The average Bonchev–Trinajstić information content (AvgIpc) is 2.98. The first-order chi connectivity index (χ1) is 11.2. The standard InChI is InChI=1S/C17H18N4O2/c1-12-10-20(15-8-14(22-2)4-5-16(15)23-12)11-13-9-19-17-18-6-3-7-21(13)17/h3-9,12H,10-11H2,1-2H3/t12-/m1/s1. The molecule has 3 aromatic rings. The summed E-state index contributed by atoms with van der Waals surface area (Å²) in [5.74, 6) is 2.43. The summed E-state index contributed by atoms with van der Waals surface area (Å²) in [5, 5.41) is 0. The molecule has 4 rings (SSSR count). The van der Waals surface area contributed by atoms with Crippen molar-refractivity contribution >= 4 is 11.5 Å². The summed E-state index contributed by atoms with van der Waals surface area (Å²) in [6.07, 6.45) is 5.75. The zero-order valence-electron chi connectivity index (χ0n) is 13.1. The van der Waals surface area contributed by atoms with E-state index in [9.17, 15) is 0 Å². The molecule has 0 N–H and O–H groups in total. The number of fused-ring (bicyclic) bond motifs is 2. The molecular weight excluding hydrogens is 292 g/mol. The number of hydrogen-bond acceptors (Lipinski definition) is 5. The summed E-state index contributed by atoms with van der Waals surface area (Å²) in [6, 6.07) is 7.82. The van der Waals surface area contributed by atoms with Crippen molar-refractivity contribution < 1.29 is 9.47 Å². The number of hydrogen-bond donors (Lipinski definition) is 0. The van der Waals surface area contributed by atoms with Crippen LogP contribution >= 0.6 is 0 Å². The Labute approximate surface area is 134 Å². The lowest BCUT2D eigenvalue weighted by Crippen LogP contribution is -2.38. The molecule has 1 atom stereocenters. The van der Waals surface area contributed by atoms with Crippen LogP contribution in [0.1, 0.15) is 12.6 Å². The number of ether oxygens (including phenoxy) is 2. The van der Waals surface area contributed by atoms with E-state index < -0.39 is 0 Å². The fourth-order valence-corrected chi connectivity index (χ4v) is 2.97. The predicted octanol–water partition coefficient (Wildman–Crippen LogP) is 2.53. The van der Waals surface area contributed by atoms with Gasteiger partial charge in [-0.2, -0.15) is 0 Å². The second-order valence-electron chi connectivity index (χ2n) is 5.68. The van der Waals surface area contributed by atoms with Gasteiger partial charge in [0.15, 0.2) is 0 Å². The lowest BCUT2D eigenvalue weighted by Gasteiger charge is -2.35. The molecule has 6 heteroatoms. The van der Waals surface area contributed by atoms with Crippen molar-refractivity contribution in [3.63, 3.8) is 0 Å². The molecule has 1 aliphatic heterocycles. The van der Waals surface area contributed by atoms with Gasteiger partial charge in [-0.3, -0.25) is 4.40 Å². The Balaban J connectivity index is 1.72. The van der Waals surface area contributed by atoms with Crippen molar-refractivity contribution in [2.75, 3.05) is 18.6 Å². The molecule has 0 unspecified atom stereocenters. The van der Waals surface area contributed by atoms with Crippen LogP contribution in [-0.2, 0) is 6.54 Å². The quantitative estimate of drug-likeness (QED) is 0.744. The Kier molecular flexibility index (Phi) is 3.29. The summed E-state index contributed by atoms with van der Waals surface area (Å²) >= 11 is 0. The molecule has 0 aliphatic carbocycles. The summed E-state index contributed by atoms with van der Waals surface area (Å²) in [7, 11) is 1.68. The highest BCUT2D eigenvalue weighted by Gasteiger charge is 2.24. The summed E-state index contributed by atoms with van der Waals surface area (Å²) in [6.45, 7) is 3.63. The molecule has 0 saturated carbocycles. The Bertz CT molecular complexity index is 845. The van der Waals surface area contributed by atoms with Crippen LogP contribution in [0.15, 0.2) is 42.9 Å². The topological polar surface area (TPSA) is 51.9 Å². The van der Waals surface area contributed by atoms with E-state index in [1.54, 1.807) is 13.3 Å². The molecule has 2 aromatic heterocycles. The summed E-state index contributed by atoms with van der Waals surface area (Å²) in [4.78, 5) is 10.9. The highest BCUT2D eigenvalue weighted by Crippen LogP contribution is 2.37. The van der Waals surface area contributed by atoms with E-state index >= 15 is 0 Å².